The van der Waals surface area contributed by atoms with Crippen LogP contribution in [0.15, 0.2) is 12.1 Å². The van der Waals surface area contributed by atoms with E-state index in [9.17, 15) is 4.79 Å². The van der Waals surface area contributed by atoms with Crippen molar-refractivity contribution in [3.8, 4) is 17.2 Å². The van der Waals surface area contributed by atoms with Gasteiger partial charge in [0.15, 0.2) is 11.5 Å². The number of ether oxygens (including phenoxy) is 3. The van der Waals surface area contributed by atoms with Crippen LogP contribution < -0.4 is 14.2 Å². The van der Waals surface area contributed by atoms with E-state index in [-0.39, 0.29) is 5.56 Å². The molecule has 0 aliphatic heterocycles. The summed E-state index contributed by atoms with van der Waals surface area (Å²) in [7, 11) is 4.43. The number of hydrogen-bond acceptors (Lipinski definition) is 4. The highest BCUT2D eigenvalue weighted by atomic mass is 16.5. The van der Waals surface area contributed by atoms with E-state index in [4.69, 9.17) is 14.2 Å². The highest BCUT2D eigenvalue weighted by molar-refractivity contribution is 5.85. The van der Waals surface area contributed by atoms with Gasteiger partial charge in [0.2, 0.25) is 6.29 Å². The van der Waals surface area contributed by atoms with E-state index in [1.54, 1.807) is 18.4 Å². The van der Waals surface area contributed by atoms with Gasteiger partial charge in [0.1, 0.15) is 11.3 Å². The quantitative estimate of drug-likeness (QED) is 0.723. The van der Waals surface area contributed by atoms with Gasteiger partial charge in [-0.15, -0.1) is 0 Å². The van der Waals surface area contributed by atoms with Crippen LogP contribution in [-0.4, -0.2) is 27.6 Å². The molecule has 0 aliphatic carbocycles. The molecule has 0 spiro atoms. The van der Waals surface area contributed by atoms with Gasteiger partial charge in [-0.2, -0.15) is 0 Å². The van der Waals surface area contributed by atoms with Crippen molar-refractivity contribution in [3.05, 3.63) is 17.7 Å². The molecule has 14 heavy (non-hydrogen) atoms. The smallest absolute Gasteiger partial charge is 0.241 e. The van der Waals surface area contributed by atoms with Crippen LogP contribution in [0, 0.1) is 0 Å². The largest absolute Gasteiger partial charge is 0.496 e. The van der Waals surface area contributed by atoms with Crippen LogP contribution in [0.2, 0.25) is 0 Å². The molecule has 75 valence electrons. The van der Waals surface area contributed by atoms with E-state index in [1.165, 1.54) is 21.3 Å². The topological polar surface area (TPSA) is 44.8 Å². The van der Waals surface area contributed by atoms with Gasteiger partial charge in [-0.05, 0) is 12.1 Å². The van der Waals surface area contributed by atoms with Crippen LogP contribution in [0.5, 0.6) is 17.2 Å². The average Bonchev–Trinajstić information content (AvgIpc) is 2.26. The first-order valence-electron chi connectivity index (χ1n) is 3.95. The van der Waals surface area contributed by atoms with Gasteiger partial charge < -0.3 is 14.2 Å². The number of methoxy groups -OCH3 is 3. The Kier molecular flexibility index (Phi) is 3.34. The fourth-order valence-electron chi connectivity index (χ4n) is 1.18. The summed E-state index contributed by atoms with van der Waals surface area (Å²) in [5, 5.41) is 0. The molecule has 0 atom stereocenters. The van der Waals surface area contributed by atoms with Crippen molar-refractivity contribution >= 4 is 6.29 Å². The van der Waals surface area contributed by atoms with Gasteiger partial charge >= 0.3 is 0 Å². The molecule has 0 saturated heterocycles. The summed E-state index contributed by atoms with van der Waals surface area (Å²) >= 11 is 0. The molecular formula is C10H11O4. The Morgan fingerprint density at radius 1 is 1.00 bits per heavy atom. The maximum absolute atomic E-state index is 10.7. The first kappa shape index (κ1) is 10.4. The van der Waals surface area contributed by atoms with Gasteiger partial charge in [0, 0.05) is 0 Å². The minimum Gasteiger partial charge on any atom is -0.496 e. The fraction of sp³-hybridized carbons (Fsp3) is 0.300. The van der Waals surface area contributed by atoms with E-state index < -0.39 is 0 Å². The second-order valence-corrected chi connectivity index (χ2v) is 2.48. The Morgan fingerprint density at radius 2 is 1.57 bits per heavy atom. The van der Waals surface area contributed by atoms with Gasteiger partial charge in [-0.1, -0.05) is 0 Å². The Bertz CT molecular complexity index is 333. The highest BCUT2D eigenvalue weighted by Gasteiger charge is 2.15. The molecule has 4 heteroatoms. The molecule has 0 fully saturated rings. The second kappa shape index (κ2) is 4.50. The van der Waals surface area contributed by atoms with Crippen molar-refractivity contribution < 1.29 is 19.0 Å². The number of rotatable bonds is 4. The molecule has 1 aromatic carbocycles. The third-order valence-corrected chi connectivity index (χ3v) is 1.83. The first-order valence-corrected chi connectivity index (χ1v) is 3.95. The summed E-state index contributed by atoms with van der Waals surface area (Å²) in [6, 6.07) is 3.29. The van der Waals surface area contributed by atoms with Gasteiger partial charge in [0.05, 0.1) is 21.3 Å². The molecule has 0 N–H and O–H groups in total. The van der Waals surface area contributed by atoms with Crippen molar-refractivity contribution in [1.29, 1.82) is 0 Å². The molecule has 0 heterocycles. The Morgan fingerprint density at radius 3 is 2.00 bits per heavy atom. The van der Waals surface area contributed by atoms with Crippen molar-refractivity contribution in [2.45, 2.75) is 0 Å². The van der Waals surface area contributed by atoms with Crippen LogP contribution in [0.3, 0.4) is 0 Å². The highest BCUT2D eigenvalue weighted by Crippen LogP contribution is 2.35. The summed E-state index contributed by atoms with van der Waals surface area (Å²) in [5.74, 6) is 1.23. The zero-order valence-electron chi connectivity index (χ0n) is 8.29. The third-order valence-electron chi connectivity index (χ3n) is 1.83. The van der Waals surface area contributed by atoms with E-state index in [0.29, 0.717) is 17.2 Å². The molecule has 1 aromatic rings. The summed E-state index contributed by atoms with van der Waals surface area (Å²) in [5.41, 5.74) is 0.231. The van der Waals surface area contributed by atoms with Gasteiger partial charge in [0.25, 0.3) is 0 Å². The lowest BCUT2D eigenvalue weighted by molar-refractivity contribution is 0.347. The maximum atomic E-state index is 10.7. The summed E-state index contributed by atoms with van der Waals surface area (Å²) in [4.78, 5) is 10.7. The lowest BCUT2D eigenvalue weighted by atomic mass is 10.2. The Balaban J connectivity index is 3.35. The second-order valence-electron chi connectivity index (χ2n) is 2.48. The molecule has 0 bridgehead atoms. The van der Waals surface area contributed by atoms with E-state index in [0.717, 1.165) is 0 Å². The molecule has 0 aromatic heterocycles. The maximum Gasteiger partial charge on any atom is 0.241 e. The zero-order chi connectivity index (χ0) is 10.6. The van der Waals surface area contributed by atoms with Crippen LogP contribution in [0.4, 0.5) is 0 Å². The molecule has 0 amide bonds. The average molecular weight is 195 g/mol. The van der Waals surface area contributed by atoms with Gasteiger partial charge in [-0.25, -0.2) is 0 Å². The van der Waals surface area contributed by atoms with Crippen molar-refractivity contribution in [2.75, 3.05) is 21.3 Å². The lowest BCUT2D eigenvalue weighted by Crippen LogP contribution is -1.98. The first-order chi connectivity index (χ1) is 6.78. The normalized spacial score (nSPS) is 9.36. The summed E-state index contributed by atoms with van der Waals surface area (Å²) in [6.07, 6.45) is 1.76. The SMILES string of the molecule is COc1ccc(OC)c(OC)c1[C]=O. The van der Waals surface area contributed by atoms with Crippen LogP contribution in [0.25, 0.3) is 0 Å². The number of benzene rings is 1. The number of carbonyl (C=O) groups excluding carboxylic acids is 1. The predicted octanol–water partition coefficient (Wildman–Crippen LogP) is 1.17. The lowest BCUT2D eigenvalue weighted by Gasteiger charge is -2.11. The van der Waals surface area contributed by atoms with E-state index in [1.807, 2.05) is 0 Å². The summed E-state index contributed by atoms with van der Waals surface area (Å²) < 4.78 is 15.0. The van der Waals surface area contributed by atoms with Crippen LogP contribution in [0.1, 0.15) is 5.56 Å². The molecule has 1 radical (unpaired) electrons. The molecule has 0 unspecified atom stereocenters. The Labute approximate surface area is 82.4 Å². The standard InChI is InChI=1S/C10H11O4/c1-12-8-4-5-9(13-2)10(14-3)7(8)6-11/h4-5H,1-3H3. The zero-order valence-corrected chi connectivity index (χ0v) is 8.29. The van der Waals surface area contributed by atoms with E-state index in [2.05, 4.69) is 0 Å². The minimum atomic E-state index is 0.231. The molecule has 4 nitrogen and oxygen atoms in total. The van der Waals surface area contributed by atoms with Crippen LogP contribution >= 0.6 is 0 Å². The van der Waals surface area contributed by atoms with Crippen molar-refractivity contribution in [2.24, 2.45) is 0 Å². The molecule has 1 rings (SSSR count). The molecule has 0 saturated carbocycles. The van der Waals surface area contributed by atoms with Gasteiger partial charge in [-0.3, -0.25) is 4.79 Å². The monoisotopic (exact) mass is 195 g/mol. The van der Waals surface area contributed by atoms with Crippen LogP contribution in [-0.2, 0) is 4.79 Å². The summed E-state index contributed by atoms with van der Waals surface area (Å²) in [6.45, 7) is 0. The molecular weight excluding hydrogens is 184 g/mol. The number of hydrogen-bond donors (Lipinski definition) is 0. The van der Waals surface area contributed by atoms with Crippen molar-refractivity contribution in [3.63, 3.8) is 0 Å². The predicted molar refractivity (Wildman–Crippen MR) is 50.9 cm³/mol. The Hall–Kier alpha value is -1.71. The third kappa shape index (κ3) is 1.64. The minimum absolute atomic E-state index is 0.231. The molecule has 0 aliphatic rings. The van der Waals surface area contributed by atoms with E-state index >= 15 is 0 Å². The fourth-order valence-corrected chi connectivity index (χ4v) is 1.18. The van der Waals surface area contributed by atoms with Crippen molar-refractivity contribution in [1.82, 2.24) is 0 Å².